The van der Waals surface area contributed by atoms with Gasteiger partial charge in [-0.15, -0.1) is 0 Å². The van der Waals surface area contributed by atoms with Gasteiger partial charge in [-0.1, -0.05) is 29.8 Å². The zero-order valence-corrected chi connectivity index (χ0v) is 19.9. The van der Waals surface area contributed by atoms with Gasteiger partial charge in [0.2, 0.25) is 5.91 Å². The third kappa shape index (κ3) is 5.61. The van der Waals surface area contributed by atoms with Crippen molar-refractivity contribution < 1.29 is 19.1 Å². The summed E-state index contributed by atoms with van der Waals surface area (Å²) in [6, 6.07) is 12.8. The van der Waals surface area contributed by atoms with Crippen LogP contribution in [-0.2, 0) is 11.4 Å². The molecule has 2 heterocycles. The Bertz CT molecular complexity index is 982. The molecule has 2 amide bonds. The number of halogens is 1. The van der Waals surface area contributed by atoms with Gasteiger partial charge >= 0.3 is 0 Å². The van der Waals surface area contributed by atoms with Crippen molar-refractivity contribution in [1.82, 2.24) is 9.80 Å². The second-order valence-electron chi connectivity index (χ2n) is 8.70. The van der Waals surface area contributed by atoms with Gasteiger partial charge < -0.3 is 19.3 Å². The lowest BCUT2D eigenvalue weighted by Crippen LogP contribution is -2.45. The SMILES string of the molecule is COc1cc(C(=O)N2CCC(C(=O)N3CCCCC3)CC2)ccc1OCc1ccccc1Cl. The highest BCUT2D eigenvalue weighted by atomic mass is 35.5. The van der Waals surface area contributed by atoms with Gasteiger partial charge in [0.05, 0.1) is 7.11 Å². The summed E-state index contributed by atoms with van der Waals surface area (Å²) in [5.74, 6) is 1.31. The van der Waals surface area contributed by atoms with E-state index in [9.17, 15) is 9.59 Å². The van der Waals surface area contributed by atoms with Crippen LogP contribution >= 0.6 is 11.6 Å². The average molecular weight is 471 g/mol. The molecule has 4 rings (SSSR count). The molecule has 0 unspecified atom stereocenters. The van der Waals surface area contributed by atoms with Crippen LogP contribution in [0.5, 0.6) is 11.5 Å². The number of rotatable bonds is 6. The van der Waals surface area contributed by atoms with Gasteiger partial charge in [-0.2, -0.15) is 0 Å². The molecular formula is C26H31ClN2O4. The summed E-state index contributed by atoms with van der Waals surface area (Å²) < 4.78 is 11.4. The van der Waals surface area contributed by atoms with Crippen molar-refractivity contribution in [2.24, 2.45) is 5.92 Å². The van der Waals surface area contributed by atoms with Gasteiger partial charge in [0.15, 0.2) is 11.5 Å². The maximum atomic E-state index is 13.1. The number of hydrogen-bond donors (Lipinski definition) is 0. The smallest absolute Gasteiger partial charge is 0.253 e. The van der Waals surface area contributed by atoms with Crippen LogP contribution in [0.2, 0.25) is 5.02 Å². The van der Waals surface area contributed by atoms with E-state index in [1.165, 1.54) is 6.42 Å². The molecule has 6 nitrogen and oxygen atoms in total. The summed E-state index contributed by atoms with van der Waals surface area (Å²) in [4.78, 5) is 29.7. The normalized spacial score (nSPS) is 17.0. The number of nitrogens with zero attached hydrogens (tertiary/aromatic N) is 2. The summed E-state index contributed by atoms with van der Waals surface area (Å²) in [6.07, 6.45) is 4.85. The lowest BCUT2D eigenvalue weighted by Gasteiger charge is -2.35. The van der Waals surface area contributed by atoms with Crippen LogP contribution in [0, 0.1) is 5.92 Å². The molecule has 0 spiro atoms. The fourth-order valence-electron chi connectivity index (χ4n) is 4.58. The molecule has 2 fully saturated rings. The van der Waals surface area contributed by atoms with Gasteiger partial charge in [0.25, 0.3) is 5.91 Å². The summed E-state index contributed by atoms with van der Waals surface area (Å²) >= 11 is 6.21. The van der Waals surface area contributed by atoms with Gasteiger partial charge in [0.1, 0.15) is 6.61 Å². The third-order valence-electron chi connectivity index (χ3n) is 6.55. The minimum atomic E-state index is -0.0465. The Balaban J connectivity index is 1.35. The molecule has 2 aliphatic heterocycles. The molecular weight excluding hydrogens is 440 g/mol. The molecule has 33 heavy (non-hydrogen) atoms. The highest BCUT2D eigenvalue weighted by Crippen LogP contribution is 2.31. The van der Waals surface area contributed by atoms with Crippen LogP contribution in [0.25, 0.3) is 0 Å². The quantitative estimate of drug-likeness (QED) is 0.609. The van der Waals surface area contributed by atoms with Crippen molar-refractivity contribution in [2.75, 3.05) is 33.3 Å². The summed E-state index contributed by atoms with van der Waals surface area (Å²) in [5.41, 5.74) is 1.43. The number of hydrogen-bond acceptors (Lipinski definition) is 4. The summed E-state index contributed by atoms with van der Waals surface area (Å²) in [5, 5.41) is 0.644. The number of amides is 2. The molecule has 0 aromatic heterocycles. The van der Waals surface area contributed by atoms with E-state index >= 15 is 0 Å². The Morgan fingerprint density at radius 2 is 1.67 bits per heavy atom. The number of ether oxygens (including phenoxy) is 2. The maximum Gasteiger partial charge on any atom is 0.253 e. The molecule has 0 N–H and O–H groups in total. The van der Waals surface area contributed by atoms with E-state index in [0.29, 0.717) is 41.8 Å². The molecule has 176 valence electrons. The number of likely N-dealkylation sites (tertiary alicyclic amines) is 2. The molecule has 2 aromatic rings. The summed E-state index contributed by atoms with van der Waals surface area (Å²) in [7, 11) is 1.56. The first kappa shape index (κ1) is 23.4. The topological polar surface area (TPSA) is 59.1 Å². The van der Waals surface area contributed by atoms with Gasteiger partial charge in [0, 0.05) is 48.2 Å². The lowest BCUT2D eigenvalue weighted by molar-refractivity contribution is -0.137. The second kappa shape index (κ2) is 10.9. The van der Waals surface area contributed by atoms with Crippen molar-refractivity contribution in [3.8, 4) is 11.5 Å². The predicted octanol–water partition coefficient (Wildman–Crippen LogP) is 4.79. The van der Waals surface area contributed by atoms with Crippen LogP contribution in [0.1, 0.15) is 48.0 Å². The molecule has 0 bridgehead atoms. The zero-order valence-electron chi connectivity index (χ0n) is 19.1. The first-order chi connectivity index (χ1) is 16.1. The van der Waals surface area contributed by atoms with Crippen molar-refractivity contribution in [2.45, 2.75) is 38.7 Å². The molecule has 0 radical (unpaired) electrons. The number of carbonyl (C=O) groups is 2. The van der Waals surface area contributed by atoms with Crippen LogP contribution in [0.4, 0.5) is 0 Å². The minimum absolute atomic E-state index is 0.0299. The van der Waals surface area contributed by atoms with E-state index in [0.717, 1.165) is 44.3 Å². The Kier molecular flexibility index (Phi) is 7.76. The number of benzene rings is 2. The fourth-order valence-corrected chi connectivity index (χ4v) is 4.77. The Labute approximate surface area is 200 Å². The Morgan fingerprint density at radius 3 is 2.36 bits per heavy atom. The molecule has 0 atom stereocenters. The first-order valence-electron chi connectivity index (χ1n) is 11.7. The number of carbonyl (C=O) groups excluding carboxylic acids is 2. The van der Waals surface area contributed by atoms with Crippen LogP contribution < -0.4 is 9.47 Å². The van der Waals surface area contributed by atoms with E-state index < -0.39 is 0 Å². The monoisotopic (exact) mass is 470 g/mol. The van der Waals surface area contributed by atoms with E-state index in [1.807, 2.05) is 34.1 Å². The second-order valence-corrected chi connectivity index (χ2v) is 9.11. The van der Waals surface area contributed by atoms with E-state index in [4.69, 9.17) is 21.1 Å². The summed E-state index contributed by atoms with van der Waals surface area (Å²) in [6.45, 7) is 3.25. The first-order valence-corrected chi connectivity index (χ1v) is 12.1. The van der Waals surface area contributed by atoms with Crippen LogP contribution in [0.15, 0.2) is 42.5 Å². The van der Waals surface area contributed by atoms with Gasteiger partial charge in [-0.25, -0.2) is 0 Å². The van der Waals surface area contributed by atoms with E-state index in [-0.39, 0.29) is 17.7 Å². The largest absolute Gasteiger partial charge is 0.493 e. The Hall–Kier alpha value is -2.73. The molecule has 2 aliphatic rings. The third-order valence-corrected chi connectivity index (χ3v) is 6.92. The Morgan fingerprint density at radius 1 is 0.939 bits per heavy atom. The molecule has 0 saturated carbocycles. The highest BCUT2D eigenvalue weighted by molar-refractivity contribution is 6.31. The standard InChI is InChI=1S/C26H31ClN2O4/c1-32-24-17-20(9-10-23(24)33-18-21-7-3-4-8-22(21)27)26(31)29-15-11-19(12-16-29)25(30)28-13-5-2-6-14-28/h3-4,7-10,17,19H,2,5-6,11-16,18H2,1H3. The number of piperidine rings is 2. The predicted molar refractivity (Wildman–Crippen MR) is 128 cm³/mol. The van der Waals surface area contributed by atoms with Crippen molar-refractivity contribution in [3.63, 3.8) is 0 Å². The molecule has 2 saturated heterocycles. The van der Waals surface area contributed by atoms with Gasteiger partial charge in [-0.05, 0) is 56.4 Å². The van der Waals surface area contributed by atoms with E-state index in [1.54, 1.807) is 25.3 Å². The van der Waals surface area contributed by atoms with Crippen molar-refractivity contribution in [3.05, 3.63) is 58.6 Å². The minimum Gasteiger partial charge on any atom is -0.493 e. The average Bonchev–Trinajstić information content (AvgIpc) is 2.88. The van der Waals surface area contributed by atoms with Gasteiger partial charge in [-0.3, -0.25) is 9.59 Å². The maximum absolute atomic E-state index is 13.1. The molecule has 0 aliphatic carbocycles. The molecule has 7 heteroatoms. The van der Waals surface area contributed by atoms with Crippen molar-refractivity contribution >= 4 is 23.4 Å². The highest BCUT2D eigenvalue weighted by Gasteiger charge is 2.31. The zero-order chi connectivity index (χ0) is 23.2. The molecule has 2 aromatic carbocycles. The number of methoxy groups -OCH3 is 1. The van der Waals surface area contributed by atoms with Crippen LogP contribution in [-0.4, -0.2) is 54.9 Å². The van der Waals surface area contributed by atoms with E-state index in [2.05, 4.69) is 0 Å². The van der Waals surface area contributed by atoms with Crippen LogP contribution in [0.3, 0.4) is 0 Å². The fraction of sp³-hybridized carbons (Fsp3) is 0.462. The van der Waals surface area contributed by atoms with Crippen molar-refractivity contribution in [1.29, 1.82) is 0 Å². The lowest BCUT2D eigenvalue weighted by atomic mass is 9.94.